The van der Waals surface area contributed by atoms with Crippen LogP contribution in [0.4, 0.5) is 34.1 Å². The summed E-state index contributed by atoms with van der Waals surface area (Å²) in [4.78, 5) is 4.74. The molecule has 0 fully saturated rings. The average Bonchev–Trinajstić information content (AvgIpc) is 3.17. The Morgan fingerprint density at radius 1 is 0.271 bits per heavy atom. The van der Waals surface area contributed by atoms with E-state index in [1.54, 1.807) is 0 Å². The first kappa shape index (κ1) is 29.1. The highest BCUT2D eigenvalue weighted by Gasteiger charge is 2.22. The van der Waals surface area contributed by atoms with Gasteiger partial charge in [0, 0.05) is 33.8 Å². The van der Waals surface area contributed by atoms with Gasteiger partial charge in [-0.2, -0.15) is 0 Å². The molecule has 2 nitrogen and oxygen atoms in total. The molecular weight excluding hydrogens is 581 g/mol. The second-order valence-electron chi connectivity index (χ2n) is 11.8. The molecule has 0 saturated heterocycles. The Morgan fingerprint density at radius 3 is 1.08 bits per heavy atom. The highest BCUT2D eigenvalue weighted by molar-refractivity contribution is 6.14. The fourth-order valence-electron chi connectivity index (χ4n) is 6.66. The van der Waals surface area contributed by atoms with Gasteiger partial charge in [0.05, 0.1) is 5.69 Å². The Balaban J connectivity index is 1.52. The lowest BCUT2D eigenvalue weighted by Gasteiger charge is -2.30. The average molecular weight is 615 g/mol. The molecule has 8 rings (SSSR count). The van der Waals surface area contributed by atoms with Crippen molar-refractivity contribution in [3.05, 3.63) is 206 Å². The van der Waals surface area contributed by atoms with E-state index in [9.17, 15) is 0 Å². The first-order chi connectivity index (χ1) is 23.8. The Labute approximate surface area is 282 Å². The fraction of sp³-hybridized carbons (Fsp3) is 0. The first-order valence-electron chi connectivity index (χ1n) is 16.4. The number of hydrogen-bond acceptors (Lipinski definition) is 2. The quantitative estimate of drug-likeness (QED) is 0.168. The Bertz CT molecular complexity index is 2170. The molecule has 0 aliphatic rings. The topological polar surface area (TPSA) is 6.48 Å². The van der Waals surface area contributed by atoms with E-state index >= 15 is 0 Å². The van der Waals surface area contributed by atoms with Gasteiger partial charge in [-0.25, -0.2) is 0 Å². The van der Waals surface area contributed by atoms with Crippen LogP contribution in [-0.2, 0) is 0 Å². The third kappa shape index (κ3) is 5.61. The number of rotatable bonds is 8. The van der Waals surface area contributed by atoms with E-state index in [1.807, 2.05) is 0 Å². The SMILES string of the molecule is c1ccc(-c2ccc(N(c3ccccc3)c3ccccc3)c3cc(N(c4ccccc4)c4ccccc4)cc(-c4ccccc4)c23)cc1. The molecule has 8 aromatic rings. The summed E-state index contributed by atoms with van der Waals surface area (Å²) < 4.78 is 0. The monoisotopic (exact) mass is 614 g/mol. The van der Waals surface area contributed by atoms with Crippen molar-refractivity contribution in [1.29, 1.82) is 0 Å². The van der Waals surface area contributed by atoms with Gasteiger partial charge in [0.15, 0.2) is 0 Å². The second kappa shape index (κ2) is 13.2. The second-order valence-corrected chi connectivity index (χ2v) is 11.8. The summed E-state index contributed by atoms with van der Waals surface area (Å²) in [5.41, 5.74) is 11.4. The predicted octanol–water partition coefficient (Wildman–Crippen LogP) is 13.1. The number of hydrogen-bond donors (Lipinski definition) is 0. The van der Waals surface area contributed by atoms with Crippen LogP contribution in [0, 0.1) is 0 Å². The van der Waals surface area contributed by atoms with Crippen molar-refractivity contribution in [2.75, 3.05) is 9.80 Å². The zero-order valence-electron chi connectivity index (χ0n) is 26.5. The van der Waals surface area contributed by atoms with Crippen molar-refractivity contribution in [3.63, 3.8) is 0 Å². The molecule has 2 heteroatoms. The highest BCUT2D eigenvalue weighted by Crippen LogP contribution is 2.48. The largest absolute Gasteiger partial charge is 0.310 e. The van der Waals surface area contributed by atoms with Crippen LogP contribution in [0.5, 0.6) is 0 Å². The van der Waals surface area contributed by atoms with Gasteiger partial charge >= 0.3 is 0 Å². The van der Waals surface area contributed by atoms with Crippen LogP contribution in [0.25, 0.3) is 33.0 Å². The molecule has 0 amide bonds. The van der Waals surface area contributed by atoms with Crippen LogP contribution in [0.3, 0.4) is 0 Å². The van der Waals surface area contributed by atoms with Crippen molar-refractivity contribution in [2.45, 2.75) is 0 Å². The van der Waals surface area contributed by atoms with Gasteiger partial charge in [-0.3, -0.25) is 0 Å². The summed E-state index contributed by atoms with van der Waals surface area (Å²) in [7, 11) is 0. The van der Waals surface area contributed by atoms with E-state index < -0.39 is 0 Å². The van der Waals surface area contributed by atoms with E-state index in [1.165, 1.54) is 27.6 Å². The van der Waals surface area contributed by atoms with E-state index in [0.717, 1.165) is 39.5 Å². The van der Waals surface area contributed by atoms with Gasteiger partial charge < -0.3 is 9.80 Å². The van der Waals surface area contributed by atoms with Gasteiger partial charge in [0.25, 0.3) is 0 Å². The van der Waals surface area contributed by atoms with Crippen molar-refractivity contribution in [3.8, 4) is 22.3 Å². The zero-order chi connectivity index (χ0) is 32.1. The molecule has 0 saturated carbocycles. The van der Waals surface area contributed by atoms with E-state index in [4.69, 9.17) is 0 Å². The molecule has 0 aromatic heterocycles. The summed E-state index contributed by atoms with van der Waals surface area (Å²) in [6.07, 6.45) is 0. The van der Waals surface area contributed by atoms with Crippen LogP contribution in [0.15, 0.2) is 206 Å². The maximum atomic E-state index is 2.38. The number of fused-ring (bicyclic) bond motifs is 1. The fourth-order valence-corrected chi connectivity index (χ4v) is 6.66. The van der Waals surface area contributed by atoms with Gasteiger partial charge in [-0.1, -0.05) is 140 Å². The molecule has 8 aromatic carbocycles. The van der Waals surface area contributed by atoms with Crippen molar-refractivity contribution >= 4 is 44.9 Å². The van der Waals surface area contributed by atoms with Crippen molar-refractivity contribution in [1.82, 2.24) is 0 Å². The lowest BCUT2D eigenvalue weighted by Crippen LogP contribution is -2.12. The van der Waals surface area contributed by atoms with Gasteiger partial charge in [-0.15, -0.1) is 0 Å². The standard InChI is InChI=1S/C46H34N2/c1-7-19-35(20-8-1)42-31-32-45(48(39-27-15-5-16-28-39)40-29-17-6-18-30-40)44-34-41(33-43(46(42)44)36-21-9-2-10-22-36)47(37-23-11-3-12-24-37)38-25-13-4-14-26-38/h1-34H. The smallest absolute Gasteiger partial charge is 0.0541 e. The number of benzene rings is 8. The van der Waals surface area contributed by atoms with Gasteiger partial charge in [-0.05, 0) is 94.4 Å². The van der Waals surface area contributed by atoms with Crippen LogP contribution >= 0.6 is 0 Å². The molecule has 0 radical (unpaired) electrons. The molecule has 0 unspecified atom stereocenters. The molecule has 0 aliphatic heterocycles. The zero-order valence-corrected chi connectivity index (χ0v) is 26.5. The lowest BCUT2D eigenvalue weighted by atomic mass is 9.89. The van der Waals surface area contributed by atoms with Gasteiger partial charge in [0.1, 0.15) is 0 Å². The van der Waals surface area contributed by atoms with Crippen LogP contribution < -0.4 is 9.80 Å². The predicted molar refractivity (Wildman–Crippen MR) is 204 cm³/mol. The molecule has 0 aliphatic carbocycles. The van der Waals surface area contributed by atoms with E-state index in [-0.39, 0.29) is 0 Å². The molecular formula is C46H34N2. The molecule has 0 heterocycles. The summed E-state index contributed by atoms with van der Waals surface area (Å²) in [6.45, 7) is 0. The Morgan fingerprint density at radius 2 is 0.646 bits per heavy atom. The summed E-state index contributed by atoms with van der Waals surface area (Å²) in [5.74, 6) is 0. The third-order valence-corrected chi connectivity index (χ3v) is 8.80. The molecule has 0 atom stereocenters. The number of para-hydroxylation sites is 4. The lowest BCUT2D eigenvalue weighted by molar-refractivity contribution is 1.28. The highest BCUT2D eigenvalue weighted by atomic mass is 15.2. The van der Waals surface area contributed by atoms with E-state index in [0.29, 0.717) is 0 Å². The molecule has 0 N–H and O–H groups in total. The maximum absolute atomic E-state index is 2.38. The summed E-state index contributed by atoms with van der Waals surface area (Å²) in [5, 5.41) is 2.38. The number of anilines is 6. The molecule has 228 valence electrons. The maximum Gasteiger partial charge on any atom is 0.0541 e. The van der Waals surface area contributed by atoms with Crippen LogP contribution in [-0.4, -0.2) is 0 Å². The first-order valence-corrected chi connectivity index (χ1v) is 16.4. The summed E-state index contributed by atoms with van der Waals surface area (Å²) in [6, 6.07) is 73.5. The molecule has 0 bridgehead atoms. The number of nitrogens with zero attached hydrogens (tertiary/aromatic N) is 2. The normalized spacial score (nSPS) is 10.9. The van der Waals surface area contributed by atoms with Crippen molar-refractivity contribution in [2.24, 2.45) is 0 Å². The van der Waals surface area contributed by atoms with Crippen molar-refractivity contribution < 1.29 is 0 Å². The Kier molecular flexibility index (Phi) is 7.96. The van der Waals surface area contributed by atoms with Gasteiger partial charge in [0.2, 0.25) is 0 Å². The van der Waals surface area contributed by atoms with E-state index in [2.05, 4.69) is 216 Å². The Hall–Kier alpha value is -6.38. The summed E-state index contributed by atoms with van der Waals surface area (Å²) >= 11 is 0. The molecule has 48 heavy (non-hydrogen) atoms. The minimum absolute atomic E-state index is 1.09. The van der Waals surface area contributed by atoms with Crippen LogP contribution in [0.2, 0.25) is 0 Å². The minimum Gasteiger partial charge on any atom is -0.310 e. The van der Waals surface area contributed by atoms with Crippen LogP contribution in [0.1, 0.15) is 0 Å². The molecule has 0 spiro atoms. The minimum atomic E-state index is 1.09. The third-order valence-electron chi connectivity index (χ3n) is 8.80.